The van der Waals surface area contributed by atoms with Crippen molar-refractivity contribution >= 4 is 17.5 Å². The van der Waals surface area contributed by atoms with Crippen LogP contribution in [0, 0.1) is 6.92 Å². The summed E-state index contributed by atoms with van der Waals surface area (Å²) in [6.07, 6.45) is 2.99. The molecule has 0 radical (unpaired) electrons. The first-order valence-corrected chi connectivity index (χ1v) is 9.20. The Morgan fingerprint density at radius 3 is 2.56 bits per heavy atom. The molecule has 0 bridgehead atoms. The molecule has 1 aliphatic heterocycles. The zero-order valence-electron chi connectivity index (χ0n) is 16.0. The zero-order chi connectivity index (χ0) is 19.4. The van der Waals surface area contributed by atoms with Gasteiger partial charge < -0.3 is 15.0 Å². The van der Waals surface area contributed by atoms with Crippen molar-refractivity contribution < 1.29 is 14.3 Å². The molecule has 0 saturated carbocycles. The standard InChI is InChI=1S/C21H25N3O3/c1-14(2)18-6-4-5-15(3)19(18)23-20(25)16-11-17(13-22-12-16)21(26)24-7-9-27-10-8-24/h4-6,11-14H,7-10H2,1-3H3,(H,23,25). The van der Waals surface area contributed by atoms with E-state index in [2.05, 4.69) is 24.1 Å². The number of rotatable bonds is 4. The fourth-order valence-electron chi connectivity index (χ4n) is 3.16. The Morgan fingerprint density at radius 2 is 1.85 bits per heavy atom. The molecule has 1 aromatic carbocycles. The predicted molar refractivity (Wildman–Crippen MR) is 104 cm³/mol. The molecule has 1 saturated heterocycles. The Morgan fingerprint density at radius 1 is 1.15 bits per heavy atom. The molecule has 2 heterocycles. The summed E-state index contributed by atoms with van der Waals surface area (Å²) in [7, 11) is 0. The fraction of sp³-hybridized carbons (Fsp3) is 0.381. The van der Waals surface area contributed by atoms with Gasteiger partial charge in [0.05, 0.1) is 24.3 Å². The summed E-state index contributed by atoms with van der Waals surface area (Å²) in [6, 6.07) is 7.58. The van der Waals surface area contributed by atoms with E-state index < -0.39 is 0 Å². The van der Waals surface area contributed by atoms with Gasteiger partial charge in [0, 0.05) is 31.2 Å². The lowest BCUT2D eigenvalue weighted by molar-refractivity contribution is 0.0302. The van der Waals surface area contributed by atoms with Gasteiger partial charge in [0.15, 0.2) is 0 Å². The van der Waals surface area contributed by atoms with Crippen LogP contribution in [0.25, 0.3) is 0 Å². The number of anilines is 1. The third kappa shape index (κ3) is 4.34. The summed E-state index contributed by atoms with van der Waals surface area (Å²) in [5, 5.41) is 3.00. The molecule has 0 atom stereocenters. The molecule has 27 heavy (non-hydrogen) atoms. The van der Waals surface area contributed by atoms with Crippen molar-refractivity contribution in [2.75, 3.05) is 31.6 Å². The number of hydrogen-bond acceptors (Lipinski definition) is 4. The van der Waals surface area contributed by atoms with Gasteiger partial charge in [-0.2, -0.15) is 0 Å². The van der Waals surface area contributed by atoms with E-state index in [1.165, 1.54) is 12.4 Å². The van der Waals surface area contributed by atoms with Crippen molar-refractivity contribution in [2.24, 2.45) is 0 Å². The highest BCUT2D eigenvalue weighted by molar-refractivity contribution is 6.06. The molecule has 6 heteroatoms. The quantitative estimate of drug-likeness (QED) is 0.900. The second kappa shape index (κ2) is 8.31. The van der Waals surface area contributed by atoms with E-state index in [1.807, 2.05) is 25.1 Å². The average Bonchev–Trinajstić information content (AvgIpc) is 2.69. The van der Waals surface area contributed by atoms with Gasteiger partial charge >= 0.3 is 0 Å². The van der Waals surface area contributed by atoms with Crippen molar-refractivity contribution in [3.05, 3.63) is 58.9 Å². The molecule has 3 rings (SSSR count). The van der Waals surface area contributed by atoms with Crippen LogP contribution in [0.2, 0.25) is 0 Å². The summed E-state index contributed by atoms with van der Waals surface area (Å²) < 4.78 is 5.28. The Bertz CT molecular complexity index is 842. The lowest BCUT2D eigenvalue weighted by Crippen LogP contribution is -2.40. The lowest BCUT2D eigenvalue weighted by Gasteiger charge is -2.26. The molecule has 142 valence electrons. The van der Waals surface area contributed by atoms with E-state index in [1.54, 1.807) is 11.0 Å². The minimum absolute atomic E-state index is 0.126. The van der Waals surface area contributed by atoms with Gasteiger partial charge in [-0.25, -0.2) is 0 Å². The van der Waals surface area contributed by atoms with Crippen molar-refractivity contribution in [2.45, 2.75) is 26.7 Å². The number of aromatic nitrogens is 1. The number of pyridine rings is 1. The summed E-state index contributed by atoms with van der Waals surface area (Å²) in [4.78, 5) is 31.3. The maximum absolute atomic E-state index is 12.8. The van der Waals surface area contributed by atoms with Crippen LogP contribution < -0.4 is 5.32 Å². The number of aryl methyl sites for hydroxylation is 1. The van der Waals surface area contributed by atoms with Gasteiger partial charge in [-0.05, 0) is 30.0 Å². The number of nitrogens with zero attached hydrogens (tertiary/aromatic N) is 2. The number of amides is 2. The summed E-state index contributed by atoms with van der Waals surface area (Å²) in [5.41, 5.74) is 3.69. The van der Waals surface area contributed by atoms with Gasteiger partial charge in [-0.3, -0.25) is 14.6 Å². The van der Waals surface area contributed by atoms with Crippen LogP contribution in [0.4, 0.5) is 5.69 Å². The van der Waals surface area contributed by atoms with E-state index in [0.29, 0.717) is 37.4 Å². The third-order valence-corrected chi connectivity index (χ3v) is 4.71. The number of carbonyl (C=O) groups excluding carboxylic acids is 2. The van der Waals surface area contributed by atoms with Crippen molar-refractivity contribution in [3.63, 3.8) is 0 Å². The maximum atomic E-state index is 12.8. The summed E-state index contributed by atoms with van der Waals surface area (Å²) >= 11 is 0. The molecule has 0 unspecified atom stereocenters. The van der Waals surface area contributed by atoms with E-state index >= 15 is 0 Å². The minimum Gasteiger partial charge on any atom is -0.378 e. The largest absolute Gasteiger partial charge is 0.378 e. The molecule has 1 aromatic heterocycles. The van der Waals surface area contributed by atoms with Crippen LogP contribution >= 0.6 is 0 Å². The van der Waals surface area contributed by atoms with Crippen molar-refractivity contribution in [1.29, 1.82) is 0 Å². The first-order chi connectivity index (χ1) is 13.0. The fourth-order valence-corrected chi connectivity index (χ4v) is 3.16. The van der Waals surface area contributed by atoms with Crippen LogP contribution in [-0.2, 0) is 4.74 Å². The zero-order valence-corrected chi connectivity index (χ0v) is 16.0. The highest BCUT2D eigenvalue weighted by atomic mass is 16.5. The highest BCUT2D eigenvalue weighted by Gasteiger charge is 2.20. The Labute approximate surface area is 159 Å². The number of benzene rings is 1. The van der Waals surface area contributed by atoms with Crippen molar-refractivity contribution in [1.82, 2.24) is 9.88 Å². The molecular weight excluding hydrogens is 342 g/mol. The molecule has 6 nitrogen and oxygen atoms in total. The number of carbonyl (C=O) groups is 2. The predicted octanol–water partition coefficient (Wildman–Crippen LogP) is 3.24. The average molecular weight is 367 g/mol. The van der Waals surface area contributed by atoms with Gasteiger partial charge in [-0.15, -0.1) is 0 Å². The molecule has 0 aliphatic carbocycles. The Hall–Kier alpha value is -2.73. The van der Waals surface area contributed by atoms with Gasteiger partial charge in [0.25, 0.3) is 11.8 Å². The van der Waals surface area contributed by atoms with E-state index in [-0.39, 0.29) is 17.7 Å². The normalized spacial score (nSPS) is 14.3. The summed E-state index contributed by atoms with van der Waals surface area (Å²) in [6.45, 7) is 8.32. The molecule has 1 N–H and O–H groups in total. The summed E-state index contributed by atoms with van der Waals surface area (Å²) in [5.74, 6) is -0.109. The van der Waals surface area contributed by atoms with E-state index in [9.17, 15) is 9.59 Å². The molecule has 2 aromatic rings. The van der Waals surface area contributed by atoms with Crippen LogP contribution in [0.5, 0.6) is 0 Å². The topological polar surface area (TPSA) is 71.5 Å². The number of ether oxygens (including phenoxy) is 1. The SMILES string of the molecule is Cc1cccc(C(C)C)c1NC(=O)c1cncc(C(=O)N2CCOCC2)c1. The van der Waals surface area contributed by atoms with E-state index in [4.69, 9.17) is 4.74 Å². The van der Waals surface area contributed by atoms with Gasteiger partial charge in [-0.1, -0.05) is 32.0 Å². The Kier molecular flexibility index (Phi) is 5.86. The first-order valence-electron chi connectivity index (χ1n) is 9.20. The molecule has 1 fully saturated rings. The van der Waals surface area contributed by atoms with E-state index in [0.717, 1.165) is 16.8 Å². The van der Waals surface area contributed by atoms with Crippen LogP contribution in [0.15, 0.2) is 36.7 Å². The van der Waals surface area contributed by atoms with Crippen molar-refractivity contribution in [3.8, 4) is 0 Å². The van der Waals surface area contributed by atoms with Crippen LogP contribution in [-0.4, -0.2) is 48.0 Å². The Balaban J connectivity index is 1.81. The maximum Gasteiger partial charge on any atom is 0.257 e. The second-order valence-corrected chi connectivity index (χ2v) is 7.01. The monoisotopic (exact) mass is 367 g/mol. The first kappa shape index (κ1) is 19.0. The number of para-hydroxylation sites is 1. The van der Waals surface area contributed by atoms with Gasteiger partial charge in [0.1, 0.15) is 0 Å². The van der Waals surface area contributed by atoms with Gasteiger partial charge in [0.2, 0.25) is 0 Å². The number of morpholine rings is 1. The third-order valence-electron chi connectivity index (χ3n) is 4.71. The molecular formula is C21H25N3O3. The van der Waals surface area contributed by atoms with Crippen LogP contribution in [0.1, 0.15) is 51.6 Å². The smallest absolute Gasteiger partial charge is 0.257 e. The van der Waals surface area contributed by atoms with Crippen LogP contribution in [0.3, 0.4) is 0 Å². The highest BCUT2D eigenvalue weighted by Crippen LogP contribution is 2.27. The second-order valence-electron chi connectivity index (χ2n) is 7.01. The molecule has 2 amide bonds. The minimum atomic E-state index is -0.268. The molecule has 0 spiro atoms. The number of nitrogens with one attached hydrogen (secondary N) is 1. The number of hydrogen-bond donors (Lipinski definition) is 1. The lowest BCUT2D eigenvalue weighted by atomic mass is 9.98. The molecule has 1 aliphatic rings.